The van der Waals surface area contributed by atoms with Gasteiger partial charge in [0.25, 0.3) is 0 Å². The summed E-state index contributed by atoms with van der Waals surface area (Å²) in [5.74, 6) is 2.39. The van der Waals surface area contributed by atoms with Gasteiger partial charge < -0.3 is 19.5 Å². The Morgan fingerprint density at radius 3 is 2.74 bits per heavy atom. The third-order valence-corrected chi connectivity index (χ3v) is 6.21. The average molecular weight is 495 g/mol. The molecule has 1 N–H and O–H groups in total. The number of carbonyl (C=O) groups is 1. The van der Waals surface area contributed by atoms with Crippen LogP contribution in [0.15, 0.2) is 71.9 Å². The van der Waals surface area contributed by atoms with E-state index in [4.69, 9.17) is 25.8 Å². The summed E-state index contributed by atoms with van der Waals surface area (Å²) in [4.78, 5) is 12.7. The van der Waals surface area contributed by atoms with Gasteiger partial charge in [0.15, 0.2) is 22.5 Å². The van der Waals surface area contributed by atoms with Gasteiger partial charge in [-0.1, -0.05) is 41.6 Å². The Balaban J connectivity index is 1.41. The summed E-state index contributed by atoms with van der Waals surface area (Å²) in [5, 5.41) is 12.7. The molecule has 0 saturated carbocycles. The third kappa shape index (κ3) is 4.52. The number of benzene rings is 3. The molecule has 2 heterocycles. The Morgan fingerprint density at radius 2 is 1.91 bits per heavy atom. The van der Waals surface area contributed by atoms with Crippen molar-refractivity contribution in [3.63, 3.8) is 0 Å². The van der Waals surface area contributed by atoms with Crippen molar-refractivity contribution in [1.29, 1.82) is 0 Å². The van der Waals surface area contributed by atoms with Crippen molar-refractivity contribution in [3.05, 3.63) is 71.8 Å². The molecule has 1 aromatic heterocycles. The molecule has 1 aliphatic rings. The molecule has 5 rings (SSSR count). The highest BCUT2D eigenvalue weighted by atomic mass is 35.5. The summed E-state index contributed by atoms with van der Waals surface area (Å²) in [6.45, 7) is 0.192. The quantitative estimate of drug-likeness (QED) is 0.359. The number of hydrogen-bond acceptors (Lipinski definition) is 7. The number of anilines is 1. The zero-order valence-electron chi connectivity index (χ0n) is 18.0. The van der Waals surface area contributed by atoms with Gasteiger partial charge in [-0.3, -0.25) is 9.36 Å². The molecule has 0 fully saturated rings. The second kappa shape index (κ2) is 9.66. The molecule has 0 bridgehead atoms. The molecule has 10 heteroatoms. The van der Waals surface area contributed by atoms with Gasteiger partial charge in [0.05, 0.1) is 18.6 Å². The van der Waals surface area contributed by atoms with Crippen LogP contribution in [-0.2, 0) is 4.79 Å². The number of halogens is 1. The van der Waals surface area contributed by atoms with Gasteiger partial charge in [-0.05, 0) is 48.5 Å². The van der Waals surface area contributed by atoms with Gasteiger partial charge in [0.1, 0.15) is 5.75 Å². The fourth-order valence-corrected chi connectivity index (χ4v) is 4.41. The topological polar surface area (TPSA) is 87.5 Å². The van der Waals surface area contributed by atoms with Crippen LogP contribution in [-0.4, -0.2) is 40.3 Å². The van der Waals surface area contributed by atoms with E-state index in [1.54, 1.807) is 18.2 Å². The standard InChI is InChI=1S/C24H19ClN4O4S/c1-31-19-10-8-16(25)12-18(19)26-22(30)13-34-24-28-27-23(29(24)17-5-3-2-4-6-17)15-7-9-20-21(11-15)33-14-32-20/h2-12H,13-14H2,1H3,(H,26,30). The van der Waals surface area contributed by atoms with E-state index in [9.17, 15) is 4.79 Å². The van der Waals surface area contributed by atoms with Crippen LogP contribution >= 0.6 is 23.4 Å². The highest BCUT2D eigenvalue weighted by molar-refractivity contribution is 7.99. The van der Waals surface area contributed by atoms with Crippen LogP contribution in [0.25, 0.3) is 17.1 Å². The zero-order valence-corrected chi connectivity index (χ0v) is 19.6. The lowest BCUT2D eigenvalue weighted by molar-refractivity contribution is -0.113. The van der Waals surface area contributed by atoms with Gasteiger partial charge in [-0.2, -0.15) is 0 Å². The molecular weight excluding hydrogens is 476 g/mol. The van der Waals surface area contributed by atoms with Crippen LogP contribution in [0.4, 0.5) is 5.69 Å². The predicted molar refractivity (Wildman–Crippen MR) is 130 cm³/mol. The van der Waals surface area contributed by atoms with E-state index < -0.39 is 0 Å². The highest BCUT2D eigenvalue weighted by Gasteiger charge is 2.21. The number of hydrogen-bond donors (Lipinski definition) is 1. The lowest BCUT2D eigenvalue weighted by atomic mass is 10.2. The number of fused-ring (bicyclic) bond motifs is 1. The van der Waals surface area contributed by atoms with Crippen LogP contribution in [0.1, 0.15) is 0 Å². The zero-order chi connectivity index (χ0) is 23.5. The third-order valence-electron chi connectivity index (χ3n) is 5.05. The monoisotopic (exact) mass is 494 g/mol. The van der Waals surface area contributed by atoms with Gasteiger partial charge in [-0.25, -0.2) is 0 Å². The molecule has 4 aromatic rings. The SMILES string of the molecule is COc1ccc(Cl)cc1NC(=O)CSc1nnc(-c2ccc3c(c2)OCO3)n1-c1ccccc1. The minimum Gasteiger partial charge on any atom is -0.495 e. The molecule has 172 valence electrons. The lowest BCUT2D eigenvalue weighted by Crippen LogP contribution is -2.15. The van der Waals surface area contributed by atoms with Crippen molar-refractivity contribution in [2.24, 2.45) is 0 Å². The van der Waals surface area contributed by atoms with Crippen molar-refractivity contribution in [2.75, 3.05) is 25.0 Å². The molecule has 0 saturated heterocycles. The maximum Gasteiger partial charge on any atom is 0.234 e. The highest BCUT2D eigenvalue weighted by Crippen LogP contribution is 2.37. The van der Waals surface area contributed by atoms with E-state index in [1.165, 1.54) is 18.9 Å². The number of carbonyl (C=O) groups excluding carboxylic acids is 1. The summed E-state index contributed by atoms with van der Waals surface area (Å²) >= 11 is 7.34. The van der Waals surface area contributed by atoms with E-state index in [0.29, 0.717) is 38.9 Å². The smallest absolute Gasteiger partial charge is 0.234 e. The first-order valence-corrected chi connectivity index (χ1v) is 11.7. The minimum atomic E-state index is -0.224. The molecule has 0 radical (unpaired) electrons. The number of ether oxygens (including phenoxy) is 3. The minimum absolute atomic E-state index is 0.113. The first-order valence-electron chi connectivity index (χ1n) is 10.3. The fraction of sp³-hybridized carbons (Fsp3) is 0.125. The molecule has 0 atom stereocenters. The maximum atomic E-state index is 12.7. The second-order valence-electron chi connectivity index (χ2n) is 7.23. The molecule has 34 heavy (non-hydrogen) atoms. The lowest BCUT2D eigenvalue weighted by Gasteiger charge is -2.12. The van der Waals surface area contributed by atoms with Gasteiger partial charge in [0.2, 0.25) is 12.7 Å². The molecule has 1 amide bonds. The van der Waals surface area contributed by atoms with Crippen LogP contribution in [0, 0.1) is 0 Å². The van der Waals surface area contributed by atoms with Gasteiger partial charge >= 0.3 is 0 Å². The second-order valence-corrected chi connectivity index (χ2v) is 8.61. The first kappa shape index (κ1) is 22.1. The maximum absolute atomic E-state index is 12.7. The average Bonchev–Trinajstić information content (AvgIpc) is 3.50. The summed E-state index contributed by atoms with van der Waals surface area (Å²) in [6.07, 6.45) is 0. The predicted octanol–water partition coefficient (Wildman–Crippen LogP) is 5.06. The van der Waals surface area contributed by atoms with Crippen LogP contribution in [0.2, 0.25) is 5.02 Å². The number of aromatic nitrogens is 3. The van der Waals surface area contributed by atoms with Gasteiger partial charge in [-0.15, -0.1) is 10.2 Å². The molecule has 1 aliphatic heterocycles. The van der Waals surface area contributed by atoms with Crippen molar-refractivity contribution in [3.8, 4) is 34.3 Å². The first-order chi connectivity index (χ1) is 16.6. The summed E-state index contributed by atoms with van der Waals surface area (Å²) in [5.41, 5.74) is 2.20. The Morgan fingerprint density at radius 1 is 1.09 bits per heavy atom. The Bertz CT molecular complexity index is 1350. The van der Waals surface area contributed by atoms with Crippen LogP contribution in [0.3, 0.4) is 0 Å². The molecule has 3 aromatic carbocycles. The largest absolute Gasteiger partial charge is 0.495 e. The van der Waals surface area contributed by atoms with E-state index in [1.807, 2.05) is 53.1 Å². The summed E-state index contributed by atoms with van der Waals surface area (Å²) < 4.78 is 18.1. The number of thioether (sulfide) groups is 1. The van der Waals surface area contributed by atoms with Crippen LogP contribution in [0.5, 0.6) is 17.2 Å². The summed E-state index contributed by atoms with van der Waals surface area (Å²) in [7, 11) is 1.54. The van der Waals surface area contributed by atoms with Crippen molar-refractivity contribution < 1.29 is 19.0 Å². The van der Waals surface area contributed by atoms with E-state index in [-0.39, 0.29) is 18.5 Å². The van der Waals surface area contributed by atoms with Crippen molar-refractivity contribution in [2.45, 2.75) is 5.16 Å². The summed E-state index contributed by atoms with van der Waals surface area (Å²) in [6, 6.07) is 20.4. The Labute approximate surface area is 204 Å². The number of nitrogens with zero attached hydrogens (tertiary/aromatic N) is 3. The Hall–Kier alpha value is -3.69. The molecule has 0 spiro atoms. The van der Waals surface area contributed by atoms with Crippen LogP contribution < -0.4 is 19.5 Å². The molecular formula is C24H19ClN4O4S. The van der Waals surface area contributed by atoms with E-state index in [0.717, 1.165) is 11.3 Å². The fourth-order valence-electron chi connectivity index (χ4n) is 3.49. The molecule has 0 unspecified atom stereocenters. The number of para-hydroxylation sites is 1. The van der Waals surface area contributed by atoms with Crippen molar-refractivity contribution >= 4 is 35.0 Å². The number of methoxy groups -OCH3 is 1. The number of amides is 1. The molecule has 0 aliphatic carbocycles. The van der Waals surface area contributed by atoms with Gasteiger partial charge in [0, 0.05) is 16.3 Å². The number of nitrogens with one attached hydrogen (secondary N) is 1. The number of rotatable bonds is 7. The van der Waals surface area contributed by atoms with E-state index >= 15 is 0 Å². The normalized spacial score (nSPS) is 11.9. The van der Waals surface area contributed by atoms with Crippen molar-refractivity contribution in [1.82, 2.24) is 14.8 Å². The molecule has 8 nitrogen and oxygen atoms in total. The Kier molecular flexibility index (Phi) is 6.29. The van der Waals surface area contributed by atoms with E-state index in [2.05, 4.69) is 15.5 Å².